The van der Waals surface area contributed by atoms with E-state index in [2.05, 4.69) is 6.92 Å². The minimum Gasteiger partial charge on any atom is -0.378 e. The van der Waals surface area contributed by atoms with E-state index in [1.807, 2.05) is 48.2 Å². The van der Waals surface area contributed by atoms with Crippen LogP contribution in [0.2, 0.25) is 0 Å². The van der Waals surface area contributed by atoms with E-state index < -0.39 is 0 Å². The van der Waals surface area contributed by atoms with Crippen LogP contribution in [0.3, 0.4) is 0 Å². The van der Waals surface area contributed by atoms with Crippen LogP contribution >= 0.6 is 0 Å². The van der Waals surface area contributed by atoms with Crippen LogP contribution in [0.4, 0.5) is 5.69 Å². The maximum atomic E-state index is 13.0. The van der Waals surface area contributed by atoms with Gasteiger partial charge in [-0.05, 0) is 43.4 Å². The molecule has 1 saturated carbocycles. The molecule has 24 heavy (non-hydrogen) atoms. The van der Waals surface area contributed by atoms with Gasteiger partial charge in [-0.2, -0.15) is 0 Å². The lowest BCUT2D eigenvalue weighted by Crippen LogP contribution is -2.50. The monoisotopic (exact) mass is 330 g/mol. The molecule has 0 radical (unpaired) electrons. The number of ether oxygens (including phenoxy) is 1. The van der Waals surface area contributed by atoms with Crippen molar-refractivity contribution in [2.24, 2.45) is 5.92 Å². The molecule has 0 bridgehead atoms. The van der Waals surface area contributed by atoms with Crippen LogP contribution in [0.1, 0.15) is 49.4 Å². The zero-order chi connectivity index (χ0) is 17.1. The molecule has 4 nitrogen and oxygen atoms in total. The molecule has 1 amide bonds. The van der Waals surface area contributed by atoms with Crippen molar-refractivity contribution < 1.29 is 9.53 Å². The number of amides is 1. The standard InChI is InChI=1S/C20H30N2O2/c1-4-5-9-18-13-22(14-19(24-18)15-10-11-15)20(23)16-7-6-8-17(12-16)21(2)3/h6-8,12,15,18-19H,4-5,9-11,13-14H2,1-3H3/t18-,19-/m1/s1. The fraction of sp³-hybridized carbons (Fsp3) is 0.650. The second-order valence-corrected chi connectivity index (χ2v) is 7.43. The third kappa shape index (κ3) is 4.10. The topological polar surface area (TPSA) is 32.8 Å². The summed E-state index contributed by atoms with van der Waals surface area (Å²) in [5, 5.41) is 0. The second kappa shape index (κ2) is 7.56. The number of carbonyl (C=O) groups is 1. The van der Waals surface area contributed by atoms with E-state index in [1.54, 1.807) is 0 Å². The molecule has 1 aromatic rings. The number of benzene rings is 1. The van der Waals surface area contributed by atoms with Crippen molar-refractivity contribution in [2.45, 2.75) is 51.2 Å². The number of morpholine rings is 1. The van der Waals surface area contributed by atoms with Gasteiger partial charge in [-0.3, -0.25) is 4.79 Å². The maximum absolute atomic E-state index is 13.0. The van der Waals surface area contributed by atoms with Crippen LogP contribution in [-0.4, -0.2) is 50.2 Å². The fourth-order valence-electron chi connectivity index (χ4n) is 3.46. The molecule has 3 rings (SSSR count). The number of hydrogen-bond acceptors (Lipinski definition) is 3. The maximum Gasteiger partial charge on any atom is 0.254 e. The molecule has 0 unspecified atom stereocenters. The Balaban J connectivity index is 1.73. The van der Waals surface area contributed by atoms with E-state index in [4.69, 9.17) is 4.74 Å². The summed E-state index contributed by atoms with van der Waals surface area (Å²) in [5.74, 6) is 0.812. The molecule has 1 heterocycles. The van der Waals surface area contributed by atoms with Gasteiger partial charge in [0.1, 0.15) is 0 Å². The Labute approximate surface area is 145 Å². The SMILES string of the molecule is CCCC[C@@H]1CN(C(=O)c2cccc(N(C)C)c2)C[C@H](C2CC2)O1. The summed E-state index contributed by atoms with van der Waals surface area (Å²) in [4.78, 5) is 17.1. The molecule has 0 spiro atoms. The van der Waals surface area contributed by atoms with Gasteiger partial charge in [-0.15, -0.1) is 0 Å². The molecular formula is C20H30N2O2. The van der Waals surface area contributed by atoms with E-state index in [0.29, 0.717) is 5.92 Å². The zero-order valence-electron chi connectivity index (χ0n) is 15.2. The van der Waals surface area contributed by atoms with Gasteiger partial charge in [0.05, 0.1) is 12.2 Å². The normalized spacial score (nSPS) is 24.0. The van der Waals surface area contributed by atoms with Crippen molar-refractivity contribution in [1.29, 1.82) is 0 Å². The molecule has 1 saturated heterocycles. The molecule has 0 aromatic heterocycles. The minimum atomic E-state index is 0.147. The number of rotatable bonds is 6. The van der Waals surface area contributed by atoms with E-state index in [1.165, 1.54) is 25.7 Å². The molecule has 4 heteroatoms. The van der Waals surface area contributed by atoms with E-state index >= 15 is 0 Å². The second-order valence-electron chi connectivity index (χ2n) is 7.43. The number of unbranched alkanes of at least 4 members (excludes halogenated alkanes) is 1. The quantitative estimate of drug-likeness (QED) is 0.799. The van der Waals surface area contributed by atoms with E-state index in [-0.39, 0.29) is 18.1 Å². The third-order valence-corrected chi connectivity index (χ3v) is 5.12. The lowest BCUT2D eigenvalue weighted by Gasteiger charge is -2.38. The highest BCUT2D eigenvalue weighted by Gasteiger charge is 2.39. The van der Waals surface area contributed by atoms with Gasteiger partial charge >= 0.3 is 0 Å². The first-order chi connectivity index (χ1) is 11.6. The van der Waals surface area contributed by atoms with Gasteiger partial charge in [-0.1, -0.05) is 25.8 Å². The first-order valence-electron chi connectivity index (χ1n) is 9.30. The van der Waals surface area contributed by atoms with Crippen LogP contribution in [-0.2, 0) is 4.74 Å². The van der Waals surface area contributed by atoms with Gasteiger partial charge in [-0.25, -0.2) is 0 Å². The number of carbonyl (C=O) groups excluding carboxylic acids is 1. The molecule has 1 aromatic carbocycles. The summed E-state index contributed by atoms with van der Waals surface area (Å²) in [7, 11) is 4.00. The molecule has 0 N–H and O–H groups in total. The van der Waals surface area contributed by atoms with Crippen LogP contribution < -0.4 is 4.90 Å². The van der Waals surface area contributed by atoms with Gasteiger partial charge in [0.15, 0.2) is 0 Å². The van der Waals surface area contributed by atoms with Gasteiger partial charge in [0.2, 0.25) is 0 Å². The first kappa shape index (κ1) is 17.3. The summed E-state index contributed by atoms with van der Waals surface area (Å²) in [6.45, 7) is 3.68. The Morgan fingerprint density at radius 2 is 2.08 bits per heavy atom. The highest BCUT2D eigenvalue weighted by atomic mass is 16.5. The average Bonchev–Trinajstić information content (AvgIpc) is 3.44. The van der Waals surface area contributed by atoms with Crippen molar-refractivity contribution in [2.75, 3.05) is 32.1 Å². The van der Waals surface area contributed by atoms with E-state index in [9.17, 15) is 4.79 Å². The van der Waals surface area contributed by atoms with Crippen LogP contribution in [0.25, 0.3) is 0 Å². The summed E-state index contributed by atoms with van der Waals surface area (Å²) in [6, 6.07) is 7.92. The van der Waals surface area contributed by atoms with Crippen molar-refractivity contribution >= 4 is 11.6 Å². The molecule has 1 aliphatic carbocycles. The molecular weight excluding hydrogens is 300 g/mol. The smallest absolute Gasteiger partial charge is 0.254 e. The Morgan fingerprint density at radius 3 is 2.75 bits per heavy atom. The Morgan fingerprint density at radius 1 is 1.29 bits per heavy atom. The lowest BCUT2D eigenvalue weighted by molar-refractivity contribution is -0.0874. The highest BCUT2D eigenvalue weighted by Crippen LogP contribution is 2.37. The molecule has 132 valence electrons. The Hall–Kier alpha value is -1.55. The summed E-state index contributed by atoms with van der Waals surface area (Å²) in [6.07, 6.45) is 6.34. The van der Waals surface area contributed by atoms with Crippen LogP contribution in [0, 0.1) is 5.92 Å². The van der Waals surface area contributed by atoms with Crippen molar-refractivity contribution in [3.8, 4) is 0 Å². The van der Waals surface area contributed by atoms with Crippen LogP contribution in [0.5, 0.6) is 0 Å². The Kier molecular flexibility index (Phi) is 5.44. The molecule has 1 aliphatic heterocycles. The van der Waals surface area contributed by atoms with Crippen molar-refractivity contribution in [3.63, 3.8) is 0 Å². The molecule has 2 fully saturated rings. The van der Waals surface area contributed by atoms with Crippen molar-refractivity contribution in [1.82, 2.24) is 4.90 Å². The lowest BCUT2D eigenvalue weighted by atomic mass is 10.1. The summed E-state index contributed by atoms with van der Waals surface area (Å²) < 4.78 is 6.29. The van der Waals surface area contributed by atoms with Crippen molar-refractivity contribution in [3.05, 3.63) is 29.8 Å². The number of nitrogens with zero attached hydrogens (tertiary/aromatic N) is 2. The zero-order valence-corrected chi connectivity index (χ0v) is 15.2. The summed E-state index contributed by atoms with van der Waals surface area (Å²) in [5.41, 5.74) is 1.85. The van der Waals surface area contributed by atoms with Crippen LogP contribution in [0.15, 0.2) is 24.3 Å². The Bertz CT molecular complexity index is 569. The average molecular weight is 330 g/mol. The highest BCUT2D eigenvalue weighted by molar-refractivity contribution is 5.95. The van der Waals surface area contributed by atoms with Gasteiger partial charge < -0.3 is 14.5 Å². The van der Waals surface area contributed by atoms with Gasteiger partial charge in [0, 0.05) is 38.4 Å². The predicted octanol–water partition coefficient (Wildman–Crippen LogP) is 3.56. The number of anilines is 1. The first-order valence-corrected chi connectivity index (χ1v) is 9.30. The van der Waals surface area contributed by atoms with Gasteiger partial charge in [0.25, 0.3) is 5.91 Å². The predicted molar refractivity (Wildman–Crippen MR) is 97.6 cm³/mol. The summed E-state index contributed by atoms with van der Waals surface area (Å²) >= 11 is 0. The minimum absolute atomic E-state index is 0.147. The fourth-order valence-corrected chi connectivity index (χ4v) is 3.46. The third-order valence-electron chi connectivity index (χ3n) is 5.12. The molecule has 2 aliphatic rings. The number of hydrogen-bond donors (Lipinski definition) is 0. The largest absolute Gasteiger partial charge is 0.378 e. The molecule has 2 atom stereocenters. The van der Waals surface area contributed by atoms with E-state index in [0.717, 1.165) is 30.8 Å².